The Kier molecular flexibility index (Phi) is 4.16. The van der Waals surface area contributed by atoms with Crippen molar-refractivity contribution in [2.75, 3.05) is 0 Å². The zero-order valence-corrected chi connectivity index (χ0v) is 13.4. The third-order valence-electron chi connectivity index (χ3n) is 3.27. The molecule has 3 aromatic rings. The second-order valence-corrected chi connectivity index (χ2v) is 5.74. The molecule has 0 spiro atoms. The Hall–Kier alpha value is -2.60. The van der Waals surface area contributed by atoms with E-state index in [0.29, 0.717) is 16.5 Å². The van der Waals surface area contributed by atoms with Gasteiger partial charge in [-0.3, -0.25) is 0 Å². The third kappa shape index (κ3) is 3.27. The molecule has 0 fully saturated rings. The molecule has 0 bridgehead atoms. The summed E-state index contributed by atoms with van der Waals surface area (Å²) in [5.74, 6) is -0.819. The molecule has 5 nitrogen and oxygen atoms in total. The van der Waals surface area contributed by atoms with Crippen molar-refractivity contribution in [1.82, 2.24) is 0 Å². The summed E-state index contributed by atoms with van der Waals surface area (Å²) in [6.45, 7) is -0.100. The van der Waals surface area contributed by atoms with Crippen LogP contribution in [0.2, 0.25) is 0 Å². The summed E-state index contributed by atoms with van der Waals surface area (Å²) in [6.07, 6.45) is 0. The number of fused-ring (bicyclic) bond motifs is 1. The second-order valence-electron chi connectivity index (χ2n) is 4.82. The van der Waals surface area contributed by atoms with Gasteiger partial charge >= 0.3 is 11.6 Å². The molecule has 0 amide bonds. The first kappa shape index (κ1) is 15.3. The van der Waals surface area contributed by atoms with E-state index in [9.17, 15) is 14.7 Å². The monoisotopic (exact) mass is 374 g/mol. The van der Waals surface area contributed by atoms with Crippen molar-refractivity contribution in [1.29, 1.82) is 0 Å². The number of benzene rings is 2. The fourth-order valence-electron chi connectivity index (χ4n) is 2.19. The number of hydrogen-bond donors (Lipinski definition) is 1. The molecule has 23 heavy (non-hydrogen) atoms. The lowest BCUT2D eigenvalue weighted by Crippen LogP contribution is -2.08. The number of halogens is 1. The molecule has 6 heteroatoms. The number of carbonyl (C=O) groups excluding carboxylic acids is 1. The number of esters is 1. The van der Waals surface area contributed by atoms with Crippen molar-refractivity contribution in [3.05, 3.63) is 74.6 Å². The van der Waals surface area contributed by atoms with Crippen molar-refractivity contribution in [2.45, 2.75) is 6.61 Å². The van der Waals surface area contributed by atoms with Gasteiger partial charge in [0.15, 0.2) is 0 Å². The summed E-state index contributed by atoms with van der Waals surface area (Å²) < 4.78 is 11.1. The van der Waals surface area contributed by atoms with Gasteiger partial charge in [-0.1, -0.05) is 28.1 Å². The molecule has 3 rings (SSSR count). The van der Waals surface area contributed by atoms with Crippen molar-refractivity contribution in [3.63, 3.8) is 0 Å². The average molecular weight is 375 g/mol. The van der Waals surface area contributed by atoms with Gasteiger partial charge in [0.2, 0.25) is 0 Å². The lowest BCUT2D eigenvalue weighted by molar-refractivity contribution is 0.0470. The molecular formula is C17H11BrO5. The number of hydrogen-bond acceptors (Lipinski definition) is 5. The number of para-hydroxylation sites is 1. The van der Waals surface area contributed by atoms with Crippen LogP contribution < -0.4 is 5.63 Å². The molecule has 116 valence electrons. The van der Waals surface area contributed by atoms with Gasteiger partial charge < -0.3 is 14.3 Å². The van der Waals surface area contributed by atoms with Crippen LogP contribution in [0.3, 0.4) is 0 Å². The molecule has 0 aliphatic rings. The Bertz CT molecular complexity index is 945. The standard InChI is InChI=1S/C17H11BrO5/c18-11-5-6-12-10(7-16(20)23-15(12)8-11)9-22-17(21)13-3-1-2-4-14(13)19/h1-8,19H,9H2. The van der Waals surface area contributed by atoms with E-state index in [4.69, 9.17) is 9.15 Å². The smallest absolute Gasteiger partial charge is 0.342 e. The highest BCUT2D eigenvalue weighted by molar-refractivity contribution is 9.10. The quantitative estimate of drug-likeness (QED) is 0.559. The van der Waals surface area contributed by atoms with Gasteiger partial charge in [-0.05, 0) is 30.3 Å². The average Bonchev–Trinajstić information content (AvgIpc) is 2.52. The predicted molar refractivity (Wildman–Crippen MR) is 87.4 cm³/mol. The summed E-state index contributed by atoms with van der Waals surface area (Å²) in [5.41, 5.74) is 0.486. The van der Waals surface area contributed by atoms with Gasteiger partial charge in [0, 0.05) is 21.5 Å². The van der Waals surface area contributed by atoms with Crippen LogP contribution in [0.15, 0.2) is 62.2 Å². The number of phenolic OH excluding ortho intramolecular Hbond substituents is 1. The highest BCUT2D eigenvalue weighted by Crippen LogP contribution is 2.23. The summed E-state index contributed by atoms with van der Waals surface area (Å²) in [7, 11) is 0. The fraction of sp³-hybridized carbons (Fsp3) is 0.0588. The van der Waals surface area contributed by atoms with E-state index in [2.05, 4.69) is 15.9 Å². The first-order valence-electron chi connectivity index (χ1n) is 6.72. The van der Waals surface area contributed by atoms with E-state index < -0.39 is 11.6 Å². The normalized spacial score (nSPS) is 10.7. The van der Waals surface area contributed by atoms with Gasteiger partial charge in [0.25, 0.3) is 0 Å². The highest BCUT2D eigenvalue weighted by Gasteiger charge is 2.13. The third-order valence-corrected chi connectivity index (χ3v) is 3.77. The largest absolute Gasteiger partial charge is 0.507 e. The van der Waals surface area contributed by atoms with E-state index in [1.165, 1.54) is 18.2 Å². The molecule has 0 atom stereocenters. The van der Waals surface area contributed by atoms with Crippen molar-refractivity contribution >= 4 is 32.9 Å². The predicted octanol–water partition coefficient (Wildman–Crippen LogP) is 3.62. The van der Waals surface area contributed by atoms with Crippen molar-refractivity contribution < 1.29 is 19.1 Å². The van der Waals surface area contributed by atoms with E-state index in [1.807, 2.05) is 0 Å². The van der Waals surface area contributed by atoms with Crippen LogP contribution in [0.5, 0.6) is 5.75 Å². The number of ether oxygens (including phenoxy) is 1. The summed E-state index contributed by atoms with van der Waals surface area (Å²) >= 11 is 3.31. The van der Waals surface area contributed by atoms with Gasteiger partial charge in [0.1, 0.15) is 23.5 Å². The Morgan fingerprint density at radius 3 is 2.74 bits per heavy atom. The zero-order valence-electron chi connectivity index (χ0n) is 11.8. The minimum absolute atomic E-state index is 0.0718. The Morgan fingerprint density at radius 2 is 1.96 bits per heavy atom. The lowest BCUT2D eigenvalue weighted by Gasteiger charge is -2.08. The van der Waals surface area contributed by atoms with Crippen LogP contribution in [0, 0.1) is 0 Å². The van der Waals surface area contributed by atoms with Crippen LogP contribution in [-0.2, 0) is 11.3 Å². The summed E-state index contributed by atoms with van der Waals surface area (Å²) in [6, 6.07) is 12.6. The number of phenols is 1. The topological polar surface area (TPSA) is 76.7 Å². The number of rotatable bonds is 3. The lowest BCUT2D eigenvalue weighted by atomic mass is 10.1. The molecule has 0 unspecified atom stereocenters. The maximum absolute atomic E-state index is 12.0. The van der Waals surface area contributed by atoms with E-state index in [-0.39, 0.29) is 17.9 Å². The van der Waals surface area contributed by atoms with Gasteiger partial charge in [-0.15, -0.1) is 0 Å². The highest BCUT2D eigenvalue weighted by atomic mass is 79.9. The van der Waals surface area contributed by atoms with Crippen LogP contribution >= 0.6 is 15.9 Å². The number of aromatic hydroxyl groups is 1. The minimum atomic E-state index is -0.665. The summed E-state index contributed by atoms with van der Waals surface area (Å²) in [4.78, 5) is 23.6. The molecule has 0 aliphatic carbocycles. The second kappa shape index (κ2) is 6.26. The minimum Gasteiger partial charge on any atom is -0.507 e. The van der Waals surface area contributed by atoms with Crippen molar-refractivity contribution in [2.24, 2.45) is 0 Å². The summed E-state index contributed by atoms with van der Waals surface area (Å²) in [5, 5.41) is 10.3. The van der Waals surface area contributed by atoms with E-state index >= 15 is 0 Å². The van der Waals surface area contributed by atoms with Crippen LogP contribution in [0.1, 0.15) is 15.9 Å². The van der Waals surface area contributed by atoms with Crippen LogP contribution in [0.4, 0.5) is 0 Å². The zero-order chi connectivity index (χ0) is 16.4. The van der Waals surface area contributed by atoms with Crippen LogP contribution in [0.25, 0.3) is 11.0 Å². The van der Waals surface area contributed by atoms with Crippen molar-refractivity contribution in [3.8, 4) is 5.75 Å². The SMILES string of the molecule is O=C(OCc1cc(=O)oc2cc(Br)ccc12)c1ccccc1O. The Labute approximate surface area is 139 Å². The number of carbonyl (C=O) groups is 1. The maximum atomic E-state index is 12.0. The van der Waals surface area contributed by atoms with E-state index in [1.54, 1.807) is 30.3 Å². The first-order chi connectivity index (χ1) is 11.0. The maximum Gasteiger partial charge on any atom is 0.342 e. The van der Waals surface area contributed by atoms with Crippen LogP contribution in [-0.4, -0.2) is 11.1 Å². The molecule has 0 aliphatic heterocycles. The Morgan fingerprint density at radius 1 is 1.17 bits per heavy atom. The molecule has 0 saturated heterocycles. The fourth-order valence-corrected chi connectivity index (χ4v) is 2.53. The molecule has 0 radical (unpaired) electrons. The van der Waals surface area contributed by atoms with Gasteiger partial charge in [0.05, 0.1) is 0 Å². The Balaban J connectivity index is 1.89. The van der Waals surface area contributed by atoms with Gasteiger partial charge in [-0.25, -0.2) is 9.59 Å². The van der Waals surface area contributed by atoms with Gasteiger partial charge in [-0.2, -0.15) is 0 Å². The molecule has 1 heterocycles. The van der Waals surface area contributed by atoms with E-state index in [0.717, 1.165) is 4.47 Å². The molecular weight excluding hydrogens is 364 g/mol. The molecule has 0 saturated carbocycles. The molecule has 1 aromatic heterocycles. The molecule has 2 aromatic carbocycles. The molecule has 1 N–H and O–H groups in total. The first-order valence-corrected chi connectivity index (χ1v) is 7.51.